The van der Waals surface area contributed by atoms with Crippen molar-refractivity contribution >= 4 is 19.2 Å². The van der Waals surface area contributed by atoms with E-state index in [0.29, 0.717) is 0 Å². The van der Waals surface area contributed by atoms with Gasteiger partial charge in [-0.3, -0.25) is 0 Å². The summed E-state index contributed by atoms with van der Waals surface area (Å²) in [5.74, 6) is 0. The van der Waals surface area contributed by atoms with Crippen LogP contribution in [-0.4, -0.2) is 8.41 Å². The second kappa shape index (κ2) is 10.1. The van der Waals surface area contributed by atoms with Gasteiger partial charge >= 0.3 is 8.41 Å². The van der Waals surface area contributed by atoms with E-state index in [2.05, 4.69) is 49.4 Å². The molecule has 78 valence electrons. The SMILES string of the molecule is Cc1cccc2ccccc12.[B+3].[I-].[I-].[I-]. The summed E-state index contributed by atoms with van der Waals surface area (Å²) in [7, 11) is 0. The Morgan fingerprint density at radius 1 is 0.733 bits per heavy atom. The van der Waals surface area contributed by atoms with Crippen molar-refractivity contribution in [2.24, 2.45) is 0 Å². The van der Waals surface area contributed by atoms with Crippen molar-refractivity contribution in [1.29, 1.82) is 0 Å². The van der Waals surface area contributed by atoms with Gasteiger partial charge in [0.15, 0.2) is 0 Å². The van der Waals surface area contributed by atoms with Gasteiger partial charge in [0.05, 0.1) is 0 Å². The van der Waals surface area contributed by atoms with E-state index in [4.69, 9.17) is 0 Å². The third-order valence-corrected chi connectivity index (χ3v) is 2.01. The molecule has 2 aromatic rings. The minimum Gasteiger partial charge on any atom is -1.00 e. The molecule has 0 radical (unpaired) electrons. The quantitative estimate of drug-likeness (QED) is 0.234. The van der Waals surface area contributed by atoms with Crippen LogP contribution < -0.4 is 71.9 Å². The summed E-state index contributed by atoms with van der Waals surface area (Å²) in [5, 5.41) is 2.68. The Labute approximate surface area is 144 Å². The predicted octanol–water partition coefficient (Wildman–Crippen LogP) is -6.22. The average molecular weight is 534 g/mol. The molecule has 0 saturated heterocycles. The third kappa shape index (κ3) is 5.21. The predicted molar refractivity (Wildman–Crippen MR) is 54.4 cm³/mol. The molecule has 0 saturated carbocycles. The van der Waals surface area contributed by atoms with E-state index in [9.17, 15) is 0 Å². The first kappa shape index (κ1) is 21.3. The summed E-state index contributed by atoms with van der Waals surface area (Å²) in [5.41, 5.74) is 1.35. The molecule has 2 aromatic carbocycles. The molecule has 0 heterocycles. The number of fused-ring (bicyclic) bond motifs is 1. The third-order valence-electron chi connectivity index (χ3n) is 2.01. The van der Waals surface area contributed by atoms with Crippen LogP contribution in [0.3, 0.4) is 0 Å². The minimum absolute atomic E-state index is 0. The molecule has 0 aromatic heterocycles. The normalized spacial score (nSPS) is 7.53. The van der Waals surface area contributed by atoms with Crippen molar-refractivity contribution in [3.05, 3.63) is 48.0 Å². The smallest absolute Gasteiger partial charge is 1.00 e. The van der Waals surface area contributed by atoms with Crippen molar-refractivity contribution in [3.63, 3.8) is 0 Å². The second-order valence-corrected chi connectivity index (χ2v) is 2.80. The zero-order valence-corrected chi connectivity index (χ0v) is 14.7. The van der Waals surface area contributed by atoms with Gasteiger partial charge in [-0.15, -0.1) is 0 Å². The van der Waals surface area contributed by atoms with Crippen LogP contribution in [0, 0.1) is 6.92 Å². The Morgan fingerprint density at radius 3 is 1.87 bits per heavy atom. The first-order valence-corrected chi connectivity index (χ1v) is 3.82. The van der Waals surface area contributed by atoms with Gasteiger partial charge in [0.2, 0.25) is 0 Å². The molecule has 0 aliphatic carbocycles. The van der Waals surface area contributed by atoms with Crippen molar-refractivity contribution < 1.29 is 71.9 Å². The topological polar surface area (TPSA) is 0 Å². The fraction of sp³-hybridized carbons (Fsp3) is 0.0909. The summed E-state index contributed by atoms with van der Waals surface area (Å²) >= 11 is 0. The van der Waals surface area contributed by atoms with Crippen molar-refractivity contribution in [2.75, 3.05) is 0 Å². The molecule has 0 nitrogen and oxygen atoms in total. The molecular formula is C11H10BI3. The fourth-order valence-electron chi connectivity index (χ4n) is 1.39. The van der Waals surface area contributed by atoms with Crippen molar-refractivity contribution in [2.45, 2.75) is 6.92 Å². The summed E-state index contributed by atoms with van der Waals surface area (Å²) in [6.45, 7) is 2.14. The second-order valence-electron chi connectivity index (χ2n) is 2.80. The largest absolute Gasteiger partial charge is 3.00 e. The van der Waals surface area contributed by atoms with E-state index in [1.165, 1.54) is 16.3 Å². The molecule has 0 amide bonds. The van der Waals surface area contributed by atoms with Crippen LogP contribution in [-0.2, 0) is 0 Å². The standard InChI is InChI=1S/C11H10.B.3HI/c1-9-5-4-7-10-6-2-3-8-11(9)10;;;;/h2-8H,1H3;;3*1H/q;+3;;;/p-3. The molecule has 0 spiro atoms. The zero-order chi connectivity index (χ0) is 7.68. The van der Waals surface area contributed by atoms with Crippen LogP contribution in [0.25, 0.3) is 10.8 Å². The molecule has 15 heavy (non-hydrogen) atoms. The molecule has 0 atom stereocenters. The van der Waals surface area contributed by atoms with Gasteiger partial charge in [-0.25, -0.2) is 0 Å². The average Bonchev–Trinajstić information content (AvgIpc) is 2.06. The Kier molecular flexibility index (Phi) is 14.4. The van der Waals surface area contributed by atoms with Crippen LogP contribution >= 0.6 is 0 Å². The van der Waals surface area contributed by atoms with E-state index in [1.54, 1.807) is 0 Å². The van der Waals surface area contributed by atoms with Crippen molar-refractivity contribution in [3.8, 4) is 0 Å². The van der Waals surface area contributed by atoms with Crippen molar-refractivity contribution in [1.82, 2.24) is 0 Å². The molecule has 0 N–H and O–H groups in total. The van der Waals surface area contributed by atoms with Crippen LogP contribution in [0.15, 0.2) is 42.5 Å². The number of hydrogen-bond donors (Lipinski definition) is 0. The first-order valence-electron chi connectivity index (χ1n) is 3.82. The van der Waals surface area contributed by atoms with Gasteiger partial charge in [-0.1, -0.05) is 42.5 Å². The van der Waals surface area contributed by atoms with Crippen LogP contribution in [0.4, 0.5) is 0 Å². The molecule has 4 heteroatoms. The van der Waals surface area contributed by atoms with Crippen LogP contribution in [0.2, 0.25) is 0 Å². The fourth-order valence-corrected chi connectivity index (χ4v) is 1.39. The van der Waals surface area contributed by atoms with Gasteiger partial charge in [0.25, 0.3) is 0 Å². The molecule has 0 bridgehead atoms. The number of hydrogen-bond acceptors (Lipinski definition) is 0. The van der Waals surface area contributed by atoms with Crippen LogP contribution in [0.5, 0.6) is 0 Å². The molecular weight excluding hydrogens is 524 g/mol. The van der Waals surface area contributed by atoms with E-state index in [0.717, 1.165) is 0 Å². The summed E-state index contributed by atoms with van der Waals surface area (Å²) in [6, 6.07) is 14.8. The van der Waals surface area contributed by atoms with Gasteiger partial charge in [-0.2, -0.15) is 0 Å². The number of halogens is 3. The summed E-state index contributed by atoms with van der Waals surface area (Å²) < 4.78 is 0. The zero-order valence-electron chi connectivity index (χ0n) is 8.25. The summed E-state index contributed by atoms with van der Waals surface area (Å²) in [6.07, 6.45) is 0. The van der Waals surface area contributed by atoms with E-state index in [1.807, 2.05) is 0 Å². The van der Waals surface area contributed by atoms with Gasteiger partial charge in [0.1, 0.15) is 0 Å². The van der Waals surface area contributed by atoms with Gasteiger partial charge in [-0.05, 0) is 23.3 Å². The van der Waals surface area contributed by atoms with E-state index in [-0.39, 0.29) is 80.3 Å². The van der Waals surface area contributed by atoms with Gasteiger partial charge < -0.3 is 71.9 Å². The van der Waals surface area contributed by atoms with E-state index < -0.39 is 0 Å². The molecule has 0 unspecified atom stereocenters. The molecule has 0 fully saturated rings. The maximum atomic E-state index is 2.16. The van der Waals surface area contributed by atoms with Gasteiger partial charge in [0, 0.05) is 0 Å². The monoisotopic (exact) mass is 534 g/mol. The Bertz CT molecular complexity index is 385. The number of aryl methyl sites for hydroxylation is 1. The maximum Gasteiger partial charge on any atom is 3.00 e. The van der Waals surface area contributed by atoms with E-state index >= 15 is 0 Å². The molecule has 0 aliphatic heterocycles. The number of benzene rings is 2. The Balaban J connectivity index is -0.000000360. The van der Waals surface area contributed by atoms with Crippen LogP contribution in [0.1, 0.15) is 5.56 Å². The summed E-state index contributed by atoms with van der Waals surface area (Å²) in [4.78, 5) is 0. The Hall–Kier alpha value is 0.955. The number of rotatable bonds is 0. The molecule has 0 aliphatic rings. The maximum absolute atomic E-state index is 2.16. The Morgan fingerprint density at radius 2 is 1.27 bits per heavy atom. The minimum atomic E-state index is 0. The molecule has 2 rings (SSSR count). The first-order chi connectivity index (χ1) is 5.38.